The molecule has 5 heteroatoms. The topological polar surface area (TPSA) is 46.3 Å². The van der Waals surface area contributed by atoms with Gasteiger partial charge in [-0.25, -0.2) is 4.98 Å². The quantitative estimate of drug-likeness (QED) is 0.723. The SMILES string of the molecule is CN(C)c1ccc(/C=N\n2cncn2)cc1. The summed E-state index contributed by atoms with van der Waals surface area (Å²) in [5, 5.41) is 7.99. The Morgan fingerprint density at radius 2 is 2.00 bits per heavy atom. The minimum absolute atomic E-state index is 1.03. The lowest BCUT2D eigenvalue weighted by molar-refractivity contribution is 0.743. The van der Waals surface area contributed by atoms with Crippen LogP contribution in [0, 0.1) is 0 Å². The lowest BCUT2D eigenvalue weighted by atomic mass is 10.2. The van der Waals surface area contributed by atoms with Gasteiger partial charge >= 0.3 is 0 Å². The Bertz CT molecular complexity index is 456. The molecule has 0 N–H and O–H groups in total. The number of nitrogens with zero attached hydrogens (tertiary/aromatic N) is 5. The van der Waals surface area contributed by atoms with Gasteiger partial charge in [-0.05, 0) is 17.7 Å². The summed E-state index contributed by atoms with van der Waals surface area (Å²) in [6.07, 6.45) is 4.74. The first kappa shape index (κ1) is 10.4. The monoisotopic (exact) mass is 215 g/mol. The number of hydrogen-bond acceptors (Lipinski definition) is 4. The summed E-state index contributed by atoms with van der Waals surface area (Å²) >= 11 is 0. The molecule has 0 radical (unpaired) electrons. The smallest absolute Gasteiger partial charge is 0.139 e. The minimum Gasteiger partial charge on any atom is -0.378 e. The molecule has 0 bridgehead atoms. The lowest BCUT2D eigenvalue weighted by Gasteiger charge is -2.11. The average molecular weight is 215 g/mol. The van der Waals surface area contributed by atoms with Crippen LogP contribution in [-0.4, -0.2) is 35.2 Å². The molecule has 0 aliphatic carbocycles. The summed E-state index contributed by atoms with van der Waals surface area (Å²) in [7, 11) is 4.02. The zero-order valence-electron chi connectivity index (χ0n) is 9.28. The number of hydrogen-bond donors (Lipinski definition) is 0. The van der Waals surface area contributed by atoms with E-state index in [1.807, 2.05) is 38.4 Å². The van der Waals surface area contributed by atoms with Crippen LogP contribution in [0.1, 0.15) is 5.56 Å². The summed E-state index contributed by atoms with van der Waals surface area (Å²) in [5.74, 6) is 0. The highest BCUT2D eigenvalue weighted by atomic mass is 15.5. The van der Waals surface area contributed by atoms with E-state index < -0.39 is 0 Å². The van der Waals surface area contributed by atoms with Crippen LogP contribution in [0.5, 0.6) is 0 Å². The second-order valence-corrected chi connectivity index (χ2v) is 3.55. The standard InChI is InChI=1S/C11H13N5/c1-15(2)11-5-3-10(4-6-11)7-13-16-9-12-8-14-16/h3-9H,1-2H3/b13-7-. The molecule has 0 spiro atoms. The van der Waals surface area contributed by atoms with Crippen molar-refractivity contribution in [3.63, 3.8) is 0 Å². The third-order valence-corrected chi connectivity index (χ3v) is 2.14. The van der Waals surface area contributed by atoms with Crippen LogP contribution < -0.4 is 4.90 Å². The van der Waals surface area contributed by atoms with E-state index in [2.05, 4.69) is 20.1 Å². The third-order valence-electron chi connectivity index (χ3n) is 2.14. The molecule has 2 aromatic rings. The van der Waals surface area contributed by atoms with Gasteiger partial charge in [0.05, 0.1) is 6.21 Å². The van der Waals surface area contributed by atoms with E-state index in [-0.39, 0.29) is 0 Å². The van der Waals surface area contributed by atoms with Gasteiger partial charge in [-0.1, -0.05) is 12.1 Å². The fourth-order valence-corrected chi connectivity index (χ4v) is 1.25. The van der Waals surface area contributed by atoms with Gasteiger partial charge in [-0.2, -0.15) is 5.10 Å². The molecule has 0 saturated carbocycles. The molecule has 1 heterocycles. The summed E-state index contributed by atoms with van der Waals surface area (Å²) < 4.78 is 0. The second kappa shape index (κ2) is 4.57. The maximum Gasteiger partial charge on any atom is 0.139 e. The van der Waals surface area contributed by atoms with Crippen LogP contribution in [0.2, 0.25) is 0 Å². The van der Waals surface area contributed by atoms with Crippen molar-refractivity contribution in [1.82, 2.24) is 14.9 Å². The van der Waals surface area contributed by atoms with Gasteiger partial charge < -0.3 is 4.90 Å². The van der Waals surface area contributed by atoms with Crippen molar-refractivity contribution in [3.05, 3.63) is 42.5 Å². The second-order valence-electron chi connectivity index (χ2n) is 3.55. The number of aromatic nitrogens is 3. The van der Waals surface area contributed by atoms with Crippen molar-refractivity contribution in [3.8, 4) is 0 Å². The number of benzene rings is 1. The summed E-state index contributed by atoms with van der Waals surface area (Å²) in [5.41, 5.74) is 2.19. The van der Waals surface area contributed by atoms with E-state index >= 15 is 0 Å². The fraction of sp³-hybridized carbons (Fsp3) is 0.182. The molecule has 0 saturated heterocycles. The zero-order valence-corrected chi connectivity index (χ0v) is 9.28. The van der Waals surface area contributed by atoms with Crippen molar-refractivity contribution in [2.45, 2.75) is 0 Å². The van der Waals surface area contributed by atoms with Crippen LogP contribution in [0.4, 0.5) is 5.69 Å². The van der Waals surface area contributed by atoms with Crippen LogP contribution in [0.3, 0.4) is 0 Å². The van der Waals surface area contributed by atoms with Crippen LogP contribution >= 0.6 is 0 Å². The average Bonchev–Trinajstić information content (AvgIpc) is 2.80. The summed E-state index contributed by atoms with van der Waals surface area (Å²) in [4.78, 5) is 7.27. The fourth-order valence-electron chi connectivity index (χ4n) is 1.25. The van der Waals surface area contributed by atoms with Gasteiger partial charge in [0.15, 0.2) is 0 Å². The molecule has 0 aliphatic heterocycles. The van der Waals surface area contributed by atoms with Gasteiger partial charge in [0.2, 0.25) is 0 Å². The van der Waals surface area contributed by atoms with Crippen molar-refractivity contribution in [2.75, 3.05) is 19.0 Å². The maximum atomic E-state index is 4.12. The molecule has 5 nitrogen and oxygen atoms in total. The zero-order chi connectivity index (χ0) is 11.4. The van der Waals surface area contributed by atoms with Gasteiger partial charge in [0.1, 0.15) is 12.7 Å². The van der Waals surface area contributed by atoms with Gasteiger partial charge in [-0.3, -0.25) is 0 Å². The minimum atomic E-state index is 1.03. The highest BCUT2D eigenvalue weighted by Crippen LogP contribution is 2.10. The Balaban J connectivity index is 2.11. The molecule has 0 amide bonds. The Morgan fingerprint density at radius 3 is 2.56 bits per heavy atom. The van der Waals surface area contributed by atoms with E-state index in [1.54, 1.807) is 12.5 Å². The Hall–Kier alpha value is -2.17. The molecule has 0 unspecified atom stereocenters. The van der Waals surface area contributed by atoms with E-state index in [9.17, 15) is 0 Å². The van der Waals surface area contributed by atoms with Gasteiger partial charge in [-0.15, -0.1) is 9.89 Å². The van der Waals surface area contributed by atoms with Crippen molar-refractivity contribution >= 4 is 11.9 Å². The molecule has 16 heavy (non-hydrogen) atoms. The van der Waals surface area contributed by atoms with Crippen molar-refractivity contribution < 1.29 is 0 Å². The molecule has 1 aromatic heterocycles. The Labute approximate surface area is 94.0 Å². The van der Waals surface area contributed by atoms with Crippen molar-refractivity contribution in [1.29, 1.82) is 0 Å². The van der Waals surface area contributed by atoms with E-state index in [4.69, 9.17) is 0 Å². The molecular weight excluding hydrogens is 202 g/mol. The first-order valence-corrected chi connectivity index (χ1v) is 4.92. The van der Waals surface area contributed by atoms with E-state index in [0.717, 1.165) is 11.3 Å². The first-order valence-electron chi connectivity index (χ1n) is 4.92. The number of rotatable bonds is 3. The normalized spacial score (nSPS) is 10.9. The highest BCUT2D eigenvalue weighted by molar-refractivity contribution is 5.80. The van der Waals surface area contributed by atoms with Crippen LogP contribution in [0.25, 0.3) is 0 Å². The van der Waals surface area contributed by atoms with Crippen LogP contribution in [-0.2, 0) is 0 Å². The Kier molecular flexibility index (Phi) is 2.95. The molecule has 0 atom stereocenters. The predicted molar refractivity (Wildman–Crippen MR) is 63.8 cm³/mol. The number of anilines is 1. The van der Waals surface area contributed by atoms with E-state index in [1.165, 1.54) is 11.1 Å². The largest absolute Gasteiger partial charge is 0.378 e. The summed E-state index contributed by atoms with van der Waals surface area (Å²) in [6, 6.07) is 8.11. The highest BCUT2D eigenvalue weighted by Gasteiger charge is 1.93. The van der Waals surface area contributed by atoms with Crippen molar-refractivity contribution in [2.24, 2.45) is 5.10 Å². The third kappa shape index (κ3) is 2.44. The lowest BCUT2D eigenvalue weighted by Crippen LogP contribution is -2.08. The first-order chi connectivity index (χ1) is 7.75. The molecular formula is C11H13N5. The molecule has 0 fully saturated rings. The molecule has 0 aliphatic rings. The maximum absolute atomic E-state index is 4.12. The van der Waals surface area contributed by atoms with Gasteiger partial charge in [0, 0.05) is 19.8 Å². The van der Waals surface area contributed by atoms with Gasteiger partial charge in [0.25, 0.3) is 0 Å². The molecule has 2 rings (SSSR count). The van der Waals surface area contributed by atoms with Crippen LogP contribution in [0.15, 0.2) is 42.0 Å². The molecule has 82 valence electrons. The predicted octanol–water partition coefficient (Wildman–Crippen LogP) is 1.23. The molecule has 1 aromatic carbocycles. The van der Waals surface area contributed by atoms with E-state index in [0.29, 0.717) is 0 Å². The Morgan fingerprint density at radius 1 is 1.25 bits per heavy atom. The summed E-state index contributed by atoms with van der Waals surface area (Å²) in [6.45, 7) is 0.